The molecule has 1 heterocycles. The molecule has 0 atom stereocenters. The highest BCUT2D eigenvalue weighted by Crippen LogP contribution is 2.27. The summed E-state index contributed by atoms with van der Waals surface area (Å²) in [4.78, 5) is 27.6. The second-order valence-electron chi connectivity index (χ2n) is 5.72. The normalized spacial score (nSPS) is 13.9. The van der Waals surface area contributed by atoms with E-state index < -0.39 is 5.97 Å². The molecule has 8 heteroatoms. The highest BCUT2D eigenvalue weighted by molar-refractivity contribution is 8.00. The van der Waals surface area contributed by atoms with Crippen molar-refractivity contribution in [2.75, 3.05) is 28.6 Å². The van der Waals surface area contributed by atoms with E-state index in [-0.39, 0.29) is 17.6 Å². The zero-order chi connectivity index (χ0) is 18.7. The fourth-order valence-electron chi connectivity index (χ4n) is 2.70. The largest absolute Gasteiger partial charge is 0.481 e. The standard InChI is InChI=1S/C18H18N4O3S/c19-17(20)12-1-3-13(4-2-12)21-9-10-22(18(21)25)14-5-7-15(8-6-14)26-11-16(23)24/h1-8H,9-11H2,(H3,19,20)(H,23,24). The molecular formula is C18H18N4O3S. The van der Waals surface area contributed by atoms with Crippen molar-refractivity contribution in [2.45, 2.75) is 4.90 Å². The quantitative estimate of drug-likeness (QED) is 0.411. The maximum atomic E-state index is 12.7. The minimum atomic E-state index is -0.861. The lowest BCUT2D eigenvalue weighted by molar-refractivity contribution is -0.133. The number of hydrogen-bond acceptors (Lipinski definition) is 4. The molecular weight excluding hydrogens is 352 g/mol. The van der Waals surface area contributed by atoms with Crippen molar-refractivity contribution in [1.29, 1.82) is 5.41 Å². The fraction of sp³-hybridized carbons (Fsp3) is 0.167. The SMILES string of the molecule is N=C(N)c1ccc(N2CCN(c3ccc(SCC(=O)O)cc3)C2=O)cc1. The Labute approximate surface area is 154 Å². The summed E-state index contributed by atoms with van der Waals surface area (Å²) in [6, 6.07) is 14.2. The molecule has 4 N–H and O–H groups in total. The number of nitrogen functional groups attached to an aromatic ring is 1. The van der Waals surface area contributed by atoms with E-state index >= 15 is 0 Å². The van der Waals surface area contributed by atoms with Crippen LogP contribution in [0.5, 0.6) is 0 Å². The lowest BCUT2D eigenvalue weighted by atomic mass is 10.2. The van der Waals surface area contributed by atoms with Crippen LogP contribution < -0.4 is 15.5 Å². The summed E-state index contributed by atoms with van der Waals surface area (Å²) >= 11 is 1.24. The highest BCUT2D eigenvalue weighted by Gasteiger charge is 2.30. The molecule has 0 bridgehead atoms. The number of thioether (sulfide) groups is 1. The summed E-state index contributed by atoms with van der Waals surface area (Å²) < 4.78 is 0. The third kappa shape index (κ3) is 3.80. The molecule has 1 fully saturated rings. The Kier molecular flexibility index (Phi) is 5.13. The van der Waals surface area contributed by atoms with Crippen molar-refractivity contribution in [3.05, 3.63) is 54.1 Å². The monoisotopic (exact) mass is 370 g/mol. The van der Waals surface area contributed by atoms with E-state index in [2.05, 4.69) is 0 Å². The van der Waals surface area contributed by atoms with E-state index in [9.17, 15) is 9.59 Å². The van der Waals surface area contributed by atoms with Crippen molar-refractivity contribution in [3.8, 4) is 0 Å². The van der Waals surface area contributed by atoms with Crippen LogP contribution >= 0.6 is 11.8 Å². The average molecular weight is 370 g/mol. The molecule has 0 aromatic heterocycles. The molecule has 0 aliphatic carbocycles. The maximum Gasteiger partial charge on any atom is 0.329 e. The van der Waals surface area contributed by atoms with Crippen molar-refractivity contribution >= 4 is 41.0 Å². The van der Waals surface area contributed by atoms with Gasteiger partial charge in [-0.05, 0) is 48.5 Å². The first-order valence-electron chi connectivity index (χ1n) is 7.94. The third-order valence-corrected chi connectivity index (χ3v) is 5.01. The van der Waals surface area contributed by atoms with Gasteiger partial charge in [-0.15, -0.1) is 11.8 Å². The maximum absolute atomic E-state index is 12.7. The van der Waals surface area contributed by atoms with Crippen LogP contribution in [-0.2, 0) is 4.79 Å². The molecule has 0 spiro atoms. The number of aliphatic carboxylic acids is 1. The van der Waals surface area contributed by atoms with Crippen LogP contribution in [0.2, 0.25) is 0 Å². The summed E-state index contributed by atoms with van der Waals surface area (Å²) in [7, 11) is 0. The number of hydrogen-bond donors (Lipinski definition) is 3. The van der Waals surface area contributed by atoms with E-state index in [1.165, 1.54) is 11.8 Å². The lowest BCUT2D eigenvalue weighted by Crippen LogP contribution is -2.31. The molecule has 1 aliphatic heterocycles. The molecule has 2 aromatic rings. The minimum absolute atomic E-state index is 0.00598. The van der Waals surface area contributed by atoms with Crippen LogP contribution in [0.3, 0.4) is 0 Å². The number of rotatable bonds is 6. The molecule has 26 heavy (non-hydrogen) atoms. The van der Waals surface area contributed by atoms with Gasteiger partial charge in [-0.3, -0.25) is 20.0 Å². The van der Waals surface area contributed by atoms with Gasteiger partial charge in [0.05, 0.1) is 5.75 Å². The van der Waals surface area contributed by atoms with Crippen LogP contribution in [0.15, 0.2) is 53.4 Å². The number of nitrogens with zero attached hydrogens (tertiary/aromatic N) is 2. The number of carbonyl (C=O) groups excluding carboxylic acids is 1. The van der Waals surface area contributed by atoms with Crippen molar-refractivity contribution < 1.29 is 14.7 Å². The predicted octanol–water partition coefficient (Wildman–Crippen LogP) is 2.59. The number of carboxylic acid groups (broad SMARTS) is 1. The minimum Gasteiger partial charge on any atom is -0.481 e. The van der Waals surface area contributed by atoms with Gasteiger partial charge >= 0.3 is 12.0 Å². The van der Waals surface area contributed by atoms with E-state index in [1.54, 1.807) is 34.1 Å². The Hall–Kier alpha value is -3.00. The van der Waals surface area contributed by atoms with E-state index in [4.69, 9.17) is 16.2 Å². The Bertz CT molecular complexity index is 837. The second kappa shape index (κ2) is 7.49. The third-order valence-electron chi connectivity index (χ3n) is 4.01. The smallest absolute Gasteiger partial charge is 0.329 e. The molecule has 2 aromatic carbocycles. The van der Waals surface area contributed by atoms with Gasteiger partial charge in [0.15, 0.2) is 0 Å². The number of anilines is 2. The predicted molar refractivity (Wildman–Crippen MR) is 102 cm³/mol. The first kappa shape index (κ1) is 17.8. The van der Waals surface area contributed by atoms with E-state index in [0.29, 0.717) is 18.7 Å². The van der Waals surface area contributed by atoms with Crippen LogP contribution in [0, 0.1) is 5.41 Å². The zero-order valence-corrected chi connectivity index (χ0v) is 14.7. The van der Waals surface area contributed by atoms with Gasteiger partial charge in [0, 0.05) is 34.9 Å². The van der Waals surface area contributed by atoms with E-state index in [1.807, 2.05) is 24.3 Å². The molecule has 2 amide bonds. The molecule has 1 aliphatic rings. The summed E-state index contributed by atoms with van der Waals surface area (Å²) in [5, 5.41) is 16.1. The first-order chi connectivity index (χ1) is 12.5. The number of benzene rings is 2. The molecule has 0 radical (unpaired) electrons. The zero-order valence-electron chi connectivity index (χ0n) is 13.9. The molecule has 3 rings (SSSR count). The second-order valence-corrected chi connectivity index (χ2v) is 6.77. The molecule has 0 saturated carbocycles. The average Bonchev–Trinajstić information content (AvgIpc) is 3.02. The fourth-order valence-corrected chi connectivity index (χ4v) is 3.32. The number of nitrogens with one attached hydrogen (secondary N) is 1. The van der Waals surface area contributed by atoms with E-state index in [0.717, 1.165) is 16.3 Å². The lowest BCUT2D eigenvalue weighted by Gasteiger charge is -2.19. The Morgan fingerprint density at radius 3 is 2.00 bits per heavy atom. The Morgan fingerprint density at radius 1 is 1.04 bits per heavy atom. The molecule has 1 saturated heterocycles. The van der Waals surface area contributed by atoms with Crippen molar-refractivity contribution in [1.82, 2.24) is 0 Å². The van der Waals surface area contributed by atoms with Gasteiger partial charge < -0.3 is 10.8 Å². The number of carbonyl (C=O) groups is 2. The summed E-state index contributed by atoms with van der Waals surface area (Å²) in [5.41, 5.74) is 7.61. The van der Waals surface area contributed by atoms with Gasteiger partial charge in [0.2, 0.25) is 0 Å². The van der Waals surface area contributed by atoms with Gasteiger partial charge in [-0.25, -0.2) is 4.79 Å². The van der Waals surface area contributed by atoms with Crippen LogP contribution in [0.4, 0.5) is 16.2 Å². The summed E-state index contributed by atoms with van der Waals surface area (Å²) in [6.07, 6.45) is 0. The van der Waals surface area contributed by atoms with Crippen LogP contribution in [0.1, 0.15) is 5.56 Å². The molecule has 0 unspecified atom stereocenters. The van der Waals surface area contributed by atoms with Gasteiger partial charge in [-0.2, -0.15) is 0 Å². The number of nitrogens with two attached hydrogens (primary N) is 1. The Balaban J connectivity index is 1.70. The topological polar surface area (TPSA) is 111 Å². The number of urea groups is 1. The van der Waals surface area contributed by atoms with Gasteiger partial charge in [-0.1, -0.05) is 0 Å². The first-order valence-corrected chi connectivity index (χ1v) is 8.92. The Morgan fingerprint density at radius 2 is 1.54 bits per heavy atom. The van der Waals surface area contributed by atoms with Crippen LogP contribution in [0.25, 0.3) is 0 Å². The molecule has 134 valence electrons. The summed E-state index contributed by atoms with van der Waals surface area (Å²) in [5.74, 6) is -0.863. The number of amides is 2. The van der Waals surface area contributed by atoms with Crippen LogP contribution in [-0.4, -0.2) is 41.8 Å². The van der Waals surface area contributed by atoms with Gasteiger partial charge in [0.25, 0.3) is 0 Å². The number of carboxylic acids is 1. The summed E-state index contributed by atoms with van der Waals surface area (Å²) in [6.45, 7) is 1.13. The van der Waals surface area contributed by atoms with Gasteiger partial charge in [0.1, 0.15) is 5.84 Å². The van der Waals surface area contributed by atoms with Crippen molar-refractivity contribution in [2.24, 2.45) is 5.73 Å². The van der Waals surface area contributed by atoms with Crippen molar-refractivity contribution in [3.63, 3.8) is 0 Å². The molecule has 7 nitrogen and oxygen atoms in total. The highest BCUT2D eigenvalue weighted by atomic mass is 32.2. The number of amidine groups is 1.